The second-order valence-corrected chi connectivity index (χ2v) is 9.61. The monoisotopic (exact) mass is 456 g/mol. The molecule has 2 aromatic heterocycles. The average molecular weight is 457 g/mol. The number of hydrogen-bond donors (Lipinski definition) is 0. The number of carbonyl (C=O) groups is 2. The fourth-order valence-electron chi connectivity index (χ4n) is 3.20. The van der Waals surface area contributed by atoms with Crippen LogP contribution in [0.4, 0.5) is 0 Å². The second-order valence-electron chi connectivity index (χ2n) is 6.79. The molecule has 0 aromatic carbocycles. The summed E-state index contributed by atoms with van der Waals surface area (Å²) in [5.41, 5.74) is 0. The Morgan fingerprint density at radius 2 is 1.90 bits per heavy atom. The van der Waals surface area contributed by atoms with Crippen LogP contribution in [0.3, 0.4) is 0 Å². The van der Waals surface area contributed by atoms with E-state index < -0.39 is 16.0 Å². The van der Waals surface area contributed by atoms with Gasteiger partial charge in [0.1, 0.15) is 27.9 Å². The van der Waals surface area contributed by atoms with Crippen LogP contribution in [0.5, 0.6) is 0 Å². The lowest BCUT2D eigenvalue weighted by molar-refractivity contribution is -0.142. The number of esters is 2. The van der Waals surface area contributed by atoms with E-state index in [1.54, 1.807) is 11.4 Å². The van der Waals surface area contributed by atoms with Crippen LogP contribution >= 0.6 is 11.3 Å². The largest absolute Gasteiger partial charge is 0.465 e. The van der Waals surface area contributed by atoms with Gasteiger partial charge in [-0.15, -0.1) is 11.3 Å². The number of furan rings is 1. The Morgan fingerprint density at radius 1 is 1.13 bits per heavy atom. The molecule has 1 aliphatic heterocycles. The van der Waals surface area contributed by atoms with Crippen molar-refractivity contribution in [2.45, 2.75) is 31.4 Å². The second kappa shape index (κ2) is 9.73. The molecule has 11 heteroatoms. The number of sulfonamides is 1. The lowest BCUT2D eigenvalue weighted by Gasteiger charge is -2.21. The SMILES string of the molecule is COC(=O)c1sccc1S(=O)(=O)N1CCCN(Cc2ccc(COC(C)=O)o2)CC1. The Labute approximate surface area is 179 Å². The molecule has 164 valence electrons. The van der Waals surface area contributed by atoms with Crippen molar-refractivity contribution in [3.8, 4) is 0 Å². The van der Waals surface area contributed by atoms with Crippen LogP contribution in [0.1, 0.15) is 34.5 Å². The Bertz CT molecular complexity index is 996. The van der Waals surface area contributed by atoms with E-state index in [1.165, 1.54) is 24.4 Å². The molecule has 2 aromatic rings. The predicted molar refractivity (Wildman–Crippen MR) is 108 cm³/mol. The maximum absolute atomic E-state index is 13.1. The molecule has 9 nitrogen and oxygen atoms in total. The Balaban J connectivity index is 1.63. The third-order valence-corrected chi connectivity index (χ3v) is 7.64. The summed E-state index contributed by atoms with van der Waals surface area (Å²) in [7, 11) is -2.56. The maximum atomic E-state index is 13.1. The molecule has 0 aliphatic carbocycles. The number of nitrogens with zero attached hydrogens (tertiary/aromatic N) is 2. The van der Waals surface area contributed by atoms with Gasteiger partial charge in [-0.2, -0.15) is 4.31 Å². The van der Waals surface area contributed by atoms with Gasteiger partial charge in [0.05, 0.1) is 13.7 Å². The van der Waals surface area contributed by atoms with Crippen molar-refractivity contribution in [3.05, 3.63) is 40.0 Å². The number of hydrogen-bond acceptors (Lipinski definition) is 9. The standard InChI is InChI=1S/C19H24N2O7S2/c1-14(22)27-13-16-5-4-15(28-16)12-20-7-3-8-21(10-9-20)30(24,25)17-6-11-29-18(17)19(23)26-2/h4-6,11H,3,7-10,12-13H2,1-2H3. The molecular formula is C19H24N2O7S2. The normalized spacial score (nSPS) is 16.2. The van der Waals surface area contributed by atoms with E-state index >= 15 is 0 Å². The lowest BCUT2D eigenvalue weighted by Crippen LogP contribution is -2.35. The first-order chi connectivity index (χ1) is 14.3. The van der Waals surface area contributed by atoms with Crippen molar-refractivity contribution in [3.63, 3.8) is 0 Å². The molecule has 0 spiro atoms. The highest BCUT2D eigenvalue weighted by Crippen LogP contribution is 2.27. The number of ether oxygens (including phenoxy) is 2. The summed E-state index contributed by atoms with van der Waals surface area (Å²) in [5, 5.41) is 1.58. The summed E-state index contributed by atoms with van der Waals surface area (Å²) < 4.78 is 42.9. The zero-order chi connectivity index (χ0) is 21.7. The highest BCUT2D eigenvalue weighted by Gasteiger charge is 2.32. The molecule has 3 heterocycles. The summed E-state index contributed by atoms with van der Waals surface area (Å²) >= 11 is 1.05. The Kier molecular flexibility index (Phi) is 7.29. The van der Waals surface area contributed by atoms with Crippen LogP contribution in [0.15, 0.2) is 32.9 Å². The minimum absolute atomic E-state index is 0.00560. The van der Waals surface area contributed by atoms with Gasteiger partial charge in [0.25, 0.3) is 0 Å². The number of carbonyl (C=O) groups excluding carboxylic acids is 2. The molecule has 3 rings (SSSR count). The average Bonchev–Trinajstić information content (AvgIpc) is 3.31. The van der Waals surface area contributed by atoms with Gasteiger partial charge in [-0.3, -0.25) is 9.69 Å². The van der Waals surface area contributed by atoms with E-state index in [-0.39, 0.29) is 22.3 Å². The molecule has 0 radical (unpaired) electrons. The quantitative estimate of drug-likeness (QED) is 0.583. The van der Waals surface area contributed by atoms with Crippen LogP contribution in [0, 0.1) is 0 Å². The van der Waals surface area contributed by atoms with Crippen molar-refractivity contribution in [2.24, 2.45) is 0 Å². The van der Waals surface area contributed by atoms with Crippen LogP contribution in [-0.4, -0.2) is 62.9 Å². The van der Waals surface area contributed by atoms with Crippen molar-refractivity contribution in [1.82, 2.24) is 9.21 Å². The molecule has 0 amide bonds. The Hall–Kier alpha value is -2.21. The topological polar surface area (TPSA) is 106 Å². The summed E-state index contributed by atoms with van der Waals surface area (Å²) in [4.78, 5) is 25.0. The van der Waals surface area contributed by atoms with Gasteiger partial charge in [0.2, 0.25) is 10.0 Å². The van der Waals surface area contributed by atoms with Crippen molar-refractivity contribution >= 4 is 33.3 Å². The fraction of sp³-hybridized carbons (Fsp3) is 0.474. The van der Waals surface area contributed by atoms with Crippen molar-refractivity contribution < 1.29 is 31.9 Å². The van der Waals surface area contributed by atoms with Crippen LogP contribution in [-0.2, 0) is 37.4 Å². The summed E-state index contributed by atoms with van der Waals surface area (Å²) in [5.74, 6) is 0.261. The van der Waals surface area contributed by atoms with Crippen molar-refractivity contribution in [1.29, 1.82) is 0 Å². The van der Waals surface area contributed by atoms with E-state index in [4.69, 9.17) is 13.9 Å². The zero-order valence-electron chi connectivity index (χ0n) is 16.8. The number of rotatable bonds is 7. The zero-order valence-corrected chi connectivity index (χ0v) is 18.5. The van der Waals surface area contributed by atoms with E-state index in [0.29, 0.717) is 44.9 Å². The summed E-state index contributed by atoms with van der Waals surface area (Å²) in [6.07, 6.45) is 0.651. The van der Waals surface area contributed by atoms with E-state index in [2.05, 4.69) is 4.90 Å². The minimum atomic E-state index is -3.79. The predicted octanol–water partition coefficient (Wildman–Crippen LogP) is 2.09. The van der Waals surface area contributed by atoms with E-state index in [9.17, 15) is 18.0 Å². The van der Waals surface area contributed by atoms with Gasteiger partial charge < -0.3 is 13.9 Å². The molecular weight excluding hydrogens is 432 g/mol. The lowest BCUT2D eigenvalue weighted by atomic mass is 10.3. The highest BCUT2D eigenvalue weighted by atomic mass is 32.2. The van der Waals surface area contributed by atoms with E-state index in [0.717, 1.165) is 17.1 Å². The van der Waals surface area contributed by atoms with Gasteiger partial charge in [-0.05, 0) is 36.5 Å². The van der Waals surface area contributed by atoms with Crippen LogP contribution in [0.25, 0.3) is 0 Å². The maximum Gasteiger partial charge on any atom is 0.349 e. The van der Waals surface area contributed by atoms with Gasteiger partial charge in [0, 0.05) is 26.6 Å². The third kappa shape index (κ3) is 5.28. The fourth-order valence-corrected chi connectivity index (χ4v) is 5.98. The molecule has 0 unspecified atom stereocenters. The van der Waals surface area contributed by atoms with Crippen LogP contribution in [0.2, 0.25) is 0 Å². The molecule has 0 saturated carbocycles. The number of thiophene rings is 1. The Morgan fingerprint density at radius 3 is 2.63 bits per heavy atom. The molecule has 0 bridgehead atoms. The van der Waals surface area contributed by atoms with Crippen LogP contribution < -0.4 is 0 Å². The smallest absolute Gasteiger partial charge is 0.349 e. The third-order valence-electron chi connectivity index (χ3n) is 4.68. The molecule has 1 saturated heterocycles. The molecule has 1 fully saturated rings. The van der Waals surface area contributed by atoms with Gasteiger partial charge in [-0.25, -0.2) is 13.2 Å². The van der Waals surface area contributed by atoms with Gasteiger partial charge in [-0.1, -0.05) is 0 Å². The molecule has 0 atom stereocenters. The first-order valence-electron chi connectivity index (χ1n) is 9.40. The molecule has 30 heavy (non-hydrogen) atoms. The van der Waals surface area contributed by atoms with Gasteiger partial charge in [0.15, 0.2) is 0 Å². The van der Waals surface area contributed by atoms with Gasteiger partial charge >= 0.3 is 11.9 Å². The first-order valence-corrected chi connectivity index (χ1v) is 11.7. The first kappa shape index (κ1) is 22.5. The van der Waals surface area contributed by atoms with E-state index in [1.807, 2.05) is 6.07 Å². The minimum Gasteiger partial charge on any atom is -0.465 e. The van der Waals surface area contributed by atoms with Crippen molar-refractivity contribution in [2.75, 3.05) is 33.3 Å². The molecule has 0 N–H and O–H groups in total. The number of methoxy groups -OCH3 is 1. The highest BCUT2D eigenvalue weighted by molar-refractivity contribution is 7.89. The summed E-state index contributed by atoms with van der Waals surface area (Å²) in [6.45, 7) is 3.86. The summed E-state index contributed by atoms with van der Waals surface area (Å²) in [6, 6.07) is 5.03. The molecule has 1 aliphatic rings.